The molecule has 0 radical (unpaired) electrons. The van der Waals surface area contributed by atoms with Gasteiger partial charge in [-0.25, -0.2) is 4.68 Å². The smallest absolute Gasteiger partial charge is 0.254 e. The lowest BCUT2D eigenvalue weighted by Crippen LogP contribution is -2.48. The number of carbonyl (C=O) groups excluding carboxylic acids is 1. The highest BCUT2D eigenvalue weighted by molar-refractivity contribution is 7.22. The molecule has 8 heteroatoms. The van der Waals surface area contributed by atoms with Gasteiger partial charge in [0.05, 0.1) is 23.2 Å². The van der Waals surface area contributed by atoms with Crippen molar-refractivity contribution in [1.29, 1.82) is 0 Å². The molecule has 0 N–H and O–H groups in total. The number of hydrogen-bond donors (Lipinski definition) is 0. The van der Waals surface area contributed by atoms with Crippen molar-refractivity contribution in [3.8, 4) is 11.4 Å². The third kappa shape index (κ3) is 3.71. The van der Waals surface area contributed by atoms with E-state index in [0.29, 0.717) is 24.4 Å². The molecule has 3 heterocycles. The number of aromatic nitrogens is 3. The molecule has 2 aromatic heterocycles. The van der Waals surface area contributed by atoms with Gasteiger partial charge in [0, 0.05) is 31.7 Å². The van der Waals surface area contributed by atoms with Crippen LogP contribution in [0.1, 0.15) is 21.6 Å². The minimum absolute atomic E-state index is 0.0405. The summed E-state index contributed by atoms with van der Waals surface area (Å²) in [6.45, 7) is 6.94. The van der Waals surface area contributed by atoms with Crippen LogP contribution in [0.3, 0.4) is 0 Å². The standard InChI is InChI=1S/C24H25N5O2S/c1-16-6-4-8-19(14-16)29-22-21(17(2)26-29)32-24(25-22)28-12-10-27(11-13-28)23(30)18-7-5-9-20(15-18)31-3/h4-9,14-15H,10-13H2,1-3H3. The van der Waals surface area contributed by atoms with Gasteiger partial charge < -0.3 is 14.5 Å². The van der Waals surface area contributed by atoms with Gasteiger partial charge >= 0.3 is 0 Å². The highest BCUT2D eigenvalue weighted by Crippen LogP contribution is 2.33. The number of hydrogen-bond acceptors (Lipinski definition) is 6. The fourth-order valence-electron chi connectivity index (χ4n) is 4.04. The highest BCUT2D eigenvalue weighted by Gasteiger charge is 2.25. The molecule has 32 heavy (non-hydrogen) atoms. The Labute approximate surface area is 190 Å². The third-order valence-electron chi connectivity index (χ3n) is 5.78. The maximum atomic E-state index is 12.9. The van der Waals surface area contributed by atoms with Crippen molar-refractivity contribution in [2.75, 3.05) is 38.2 Å². The van der Waals surface area contributed by atoms with Gasteiger partial charge in [0.15, 0.2) is 10.8 Å². The molecule has 0 bridgehead atoms. The minimum atomic E-state index is 0.0405. The molecule has 0 spiro atoms. The molecule has 1 aliphatic rings. The number of amides is 1. The van der Waals surface area contributed by atoms with E-state index < -0.39 is 0 Å². The molecule has 0 atom stereocenters. The summed E-state index contributed by atoms with van der Waals surface area (Å²) in [5, 5.41) is 5.70. The third-order valence-corrected chi connectivity index (χ3v) is 6.99. The fourth-order valence-corrected chi connectivity index (χ4v) is 5.08. The largest absolute Gasteiger partial charge is 0.497 e. The summed E-state index contributed by atoms with van der Waals surface area (Å²) in [6.07, 6.45) is 0. The summed E-state index contributed by atoms with van der Waals surface area (Å²) in [7, 11) is 1.61. The summed E-state index contributed by atoms with van der Waals surface area (Å²) in [5.74, 6) is 0.737. The topological polar surface area (TPSA) is 63.5 Å². The van der Waals surface area contributed by atoms with Crippen LogP contribution >= 0.6 is 11.3 Å². The molecule has 1 amide bonds. The molecule has 2 aromatic carbocycles. The number of piperazine rings is 1. The number of methoxy groups -OCH3 is 1. The van der Waals surface area contributed by atoms with Crippen LogP contribution in [0.15, 0.2) is 48.5 Å². The number of nitrogens with zero attached hydrogens (tertiary/aromatic N) is 5. The maximum Gasteiger partial charge on any atom is 0.254 e. The van der Waals surface area contributed by atoms with Crippen molar-refractivity contribution < 1.29 is 9.53 Å². The molecule has 5 rings (SSSR count). The van der Waals surface area contributed by atoms with Gasteiger partial charge in [-0.3, -0.25) is 4.79 Å². The maximum absolute atomic E-state index is 12.9. The van der Waals surface area contributed by atoms with E-state index in [0.717, 1.165) is 39.9 Å². The Morgan fingerprint density at radius 1 is 1.03 bits per heavy atom. The van der Waals surface area contributed by atoms with Gasteiger partial charge in [-0.1, -0.05) is 29.5 Å². The molecule has 1 fully saturated rings. The molecule has 164 valence electrons. The molecule has 1 aliphatic heterocycles. The van der Waals surface area contributed by atoms with Crippen LogP contribution in [-0.2, 0) is 0 Å². The van der Waals surface area contributed by atoms with Crippen molar-refractivity contribution in [3.63, 3.8) is 0 Å². The van der Waals surface area contributed by atoms with Crippen molar-refractivity contribution in [1.82, 2.24) is 19.7 Å². The number of thiazole rings is 1. The van der Waals surface area contributed by atoms with Crippen LogP contribution in [0.4, 0.5) is 5.13 Å². The Morgan fingerprint density at radius 3 is 2.56 bits per heavy atom. The first kappa shape index (κ1) is 20.5. The number of aryl methyl sites for hydroxylation is 2. The number of carbonyl (C=O) groups is 1. The van der Waals surface area contributed by atoms with E-state index >= 15 is 0 Å². The molecule has 7 nitrogen and oxygen atoms in total. The number of rotatable bonds is 4. The molecule has 0 unspecified atom stereocenters. The van der Waals surface area contributed by atoms with Crippen LogP contribution in [0.2, 0.25) is 0 Å². The van der Waals surface area contributed by atoms with E-state index in [1.807, 2.05) is 40.8 Å². The number of fused-ring (bicyclic) bond motifs is 1. The molecule has 4 aromatic rings. The summed E-state index contributed by atoms with van der Waals surface area (Å²) in [6, 6.07) is 15.6. The monoisotopic (exact) mass is 447 g/mol. The Kier molecular flexibility index (Phi) is 5.30. The second-order valence-electron chi connectivity index (χ2n) is 8.00. The SMILES string of the molecule is COc1cccc(C(=O)N2CCN(c3nc4c(s3)c(C)nn4-c3cccc(C)c3)CC2)c1. The first-order valence-electron chi connectivity index (χ1n) is 10.6. The van der Waals surface area contributed by atoms with Crippen LogP contribution in [0.5, 0.6) is 5.75 Å². The molecular formula is C24H25N5O2S. The predicted molar refractivity (Wildman–Crippen MR) is 127 cm³/mol. The summed E-state index contributed by atoms with van der Waals surface area (Å²) in [4.78, 5) is 22.0. The summed E-state index contributed by atoms with van der Waals surface area (Å²) in [5.41, 5.74) is 4.75. The highest BCUT2D eigenvalue weighted by atomic mass is 32.1. The van der Waals surface area contributed by atoms with E-state index in [2.05, 4.69) is 30.0 Å². The van der Waals surface area contributed by atoms with Crippen LogP contribution in [0, 0.1) is 13.8 Å². The van der Waals surface area contributed by atoms with Gasteiger partial charge in [-0.15, -0.1) is 0 Å². The quantitative estimate of drug-likeness (QED) is 0.472. The molecular weight excluding hydrogens is 422 g/mol. The van der Waals surface area contributed by atoms with Crippen molar-refractivity contribution in [3.05, 3.63) is 65.4 Å². The minimum Gasteiger partial charge on any atom is -0.497 e. The Bertz CT molecular complexity index is 1290. The van der Waals surface area contributed by atoms with E-state index in [-0.39, 0.29) is 5.91 Å². The van der Waals surface area contributed by atoms with Gasteiger partial charge in [0.2, 0.25) is 0 Å². The summed E-state index contributed by atoms with van der Waals surface area (Å²) >= 11 is 1.67. The number of ether oxygens (including phenoxy) is 1. The molecule has 0 saturated carbocycles. The Morgan fingerprint density at radius 2 is 1.81 bits per heavy atom. The molecule has 0 aliphatic carbocycles. The zero-order valence-electron chi connectivity index (χ0n) is 18.4. The van der Waals surface area contributed by atoms with Gasteiger partial charge in [-0.05, 0) is 49.7 Å². The van der Waals surface area contributed by atoms with E-state index in [1.54, 1.807) is 24.5 Å². The second kappa shape index (κ2) is 8.27. The van der Waals surface area contributed by atoms with Crippen molar-refractivity contribution in [2.45, 2.75) is 13.8 Å². The van der Waals surface area contributed by atoms with Gasteiger partial charge in [0.25, 0.3) is 5.91 Å². The van der Waals surface area contributed by atoms with Crippen molar-refractivity contribution in [2.24, 2.45) is 0 Å². The van der Waals surface area contributed by atoms with Crippen molar-refractivity contribution >= 4 is 32.7 Å². The van der Waals surface area contributed by atoms with Crippen LogP contribution < -0.4 is 9.64 Å². The first-order chi connectivity index (χ1) is 15.5. The van der Waals surface area contributed by atoms with E-state index in [4.69, 9.17) is 14.8 Å². The predicted octanol–water partition coefficient (Wildman–Crippen LogP) is 4.07. The zero-order valence-corrected chi connectivity index (χ0v) is 19.2. The lowest BCUT2D eigenvalue weighted by molar-refractivity contribution is 0.0746. The zero-order chi connectivity index (χ0) is 22.2. The summed E-state index contributed by atoms with van der Waals surface area (Å²) < 4.78 is 8.29. The lowest BCUT2D eigenvalue weighted by atomic mass is 10.1. The average Bonchev–Trinajstić information content (AvgIpc) is 3.39. The molecule has 1 saturated heterocycles. The normalized spacial score (nSPS) is 14.2. The average molecular weight is 448 g/mol. The lowest BCUT2D eigenvalue weighted by Gasteiger charge is -2.34. The van der Waals surface area contributed by atoms with Gasteiger partial charge in [-0.2, -0.15) is 10.1 Å². The second-order valence-corrected chi connectivity index (χ2v) is 8.97. The number of anilines is 1. The Balaban J connectivity index is 1.34. The first-order valence-corrected chi connectivity index (χ1v) is 11.5. The fraction of sp³-hybridized carbons (Fsp3) is 0.292. The number of benzene rings is 2. The van der Waals surface area contributed by atoms with E-state index in [1.165, 1.54) is 5.56 Å². The van der Waals surface area contributed by atoms with Crippen LogP contribution in [-0.4, -0.2) is 58.9 Å². The Hall–Kier alpha value is -3.39. The van der Waals surface area contributed by atoms with E-state index in [9.17, 15) is 4.79 Å². The van der Waals surface area contributed by atoms with Crippen LogP contribution in [0.25, 0.3) is 16.0 Å². The van der Waals surface area contributed by atoms with Gasteiger partial charge in [0.1, 0.15) is 5.75 Å².